The van der Waals surface area contributed by atoms with Crippen molar-refractivity contribution in [2.24, 2.45) is 5.41 Å². The number of hydrogen-bond acceptors (Lipinski definition) is 3. The van der Waals surface area contributed by atoms with Crippen molar-refractivity contribution in [3.8, 4) is 0 Å². The molecule has 1 saturated carbocycles. The normalized spacial score (nSPS) is 20.6. The summed E-state index contributed by atoms with van der Waals surface area (Å²) in [5.41, 5.74) is 3.37. The van der Waals surface area contributed by atoms with Gasteiger partial charge in [0.15, 0.2) is 0 Å². The van der Waals surface area contributed by atoms with Gasteiger partial charge in [0.2, 0.25) is 0 Å². The first kappa shape index (κ1) is 16.3. The molecule has 136 valence electrons. The lowest BCUT2D eigenvalue weighted by atomic mass is 9.92. The number of aromatic nitrogens is 1. The summed E-state index contributed by atoms with van der Waals surface area (Å²) in [4.78, 5) is 19.4. The van der Waals surface area contributed by atoms with E-state index in [1.807, 2.05) is 42.6 Å². The van der Waals surface area contributed by atoms with E-state index in [0.29, 0.717) is 11.5 Å². The lowest BCUT2D eigenvalue weighted by molar-refractivity contribution is 0.0943. The molecule has 2 aliphatic rings. The Labute approximate surface area is 159 Å². The third-order valence-corrected chi connectivity index (χ3v) is 6.26. The average molecular weight is 357 g/mol. The lowest BCUT2D eigenvalue weighted by Crippen LogP contribution is -2.38. The number of hydrogen-bond donors (Lipinski definition) is 1. The minimum absolute atomic E-state index is 0.0556. The van der Waals surface area contributed by atoms with Gasteiger partial charge in [0.05, 0.1) is 5.52 Å². The molecule has 0 radical (unpaired) electrons. The molecule has 4 nitrogen and oxygen atoms in total. The zero-order valence-corrected chi connectivity index (χ0v) is 15.3. The second kappa shape index (κ2) is 6.38. The van der Waals surface area contributed by atoms with Crippen LogP contribution in [0.25, 0.3) is 10.9 Å². The van der Waals surface area contributed by atoms with Gasteiger partial charge in [0.25, 0.3) is 5.91 Å². The number of para-hydroxylation sites is 1. The fourth-order valence-electron chi connectivity index (χ4n) is 4.48. The van der Waals surface area contributed by atoms with Crippen LogP contribution in [0.4, 0.5) is 5.69 Å². The van der Waals surface area contributed by atoms with E-state index in [-0.39, 0.29) is 5.91 Å². The van der Waals surface area contributed by atoms with E-state index in [9.17, 15) is 4.79 Å². The van der Waals surface area contributed by atoms with E-state index in [2.05, 4.69) is 39.5 Å². The average Bonchev–Trinajstić information content (AvgIpc) is 3.39. The highest BCUT2D eigenvalue weighted by atomic mass is 16.1. The van der Waals surface area contributed by atoms with Crippen LogP contribution in [-0.4, -0.2) is 30.0 Å². The minimum Gasteiger partial charge on any atom is -0.371 e. The van der Waals surface area contributed by atoms with Crippen molar-refractivity contribution < 1.29 is 4.79 Å². The van der Waals surface area contributed by atoms with Crippen molar-refractivity contribution >= 4 is 22.5 Å². The number of benzene rings is 2. The molecule has 2 heterocycles. The monoisotopic (exact) mass is 357 g/mol. The summed E-state index contributed by atoms with van der Waals surface area (Å²) in [6.45, 7) is 2.07. The number of nitrogens with zero attached hydrogens (tertiary/aromatic N) is 2. The third-order valence-electron chi connectivity index (χ3n) is 6.26. The van der Waals surface area contributed by atoms with Crippen molar-refractivity contribution in [3.63, 3.8) is 0 Å². The van der Waals surface area contributed by atoms with E-state index in [4.69, 9.17) is 0 Å². The van der Waals surface area contributed by atoms with Crippen LogP contribution in [0.1, 0.15) is 29.6 Å². The largest absolute Gasteiger partial charge is 0.371 e. The molecule has 1 atom stereocenters. The van der Waals surface area contributed by atoms with E-state index in [1.165, 1.54) is 11.1 Å². The Morgan fingerprint density at radius 1 is 1.00 bits per heavy atom. The van der Waals surface area contributed by atoms with E-state index < -0.39 is 0 Å². The molecule has 1 unspecified atom stereocenters. The Morgan fingerprint density at radius 2 is 1.74 bits per heavy atom. The number of piperidine rings is 1. The summed E-state index contributed by atoms with van der Waals surface area (Å²) in [6, 6.07) is 20.3. The van der Waals surface area contributed by atoms with Gasteiger partial charge < -0.3 is 10.2 Å². The van der Waals surface area contributed by atoms with Gasteiger partial charge in [-0.15, -0.1) is 0 Å². The predicted octanol–water partition coefficient (Wildman–Crippen LogP) is 4.02. The molecule has 5 rings (SSSR count). The highest BCUT2D eigenvalue weighted by molar-refractivity contribution is 5.94. The first-order chi connectivity index (χ1) is 13.3. The Bertz CT molecular complexity index is 972. The highest BCUT2D eigenvalue weighted by Gasteiger charge is 2.55. The standard InChI is InChI=1S/C23H23N3O/c27-22(17-6-2-1-3-7-17)25-21-16-23(21)11-14-26(15-12-23)20-10-13-24-19-9-5-4-8-18(19)20/h1-10,13,21H,11-12,14-16H2,(H,25,27). The van der Waals surface area contributed by atoms with Gasteiger partial charge in [-0.25, -0.2) is 0 Å². The minimum atomic E-state index is 0.0556. The van der Waals surface area contributed by atoms with Gasteiger partial charge in [-0.1, -0.05) is 36.4 Å². The van der Waals surface area contributed by atoms with Crippen molar-refractivity contribution in [2.75, 3.05) is 18.0 Å². The highest BCUT2D eigenvalue weighted by Crippen LogP contribution is 2.54. The Kier molecular flexibility index (Phi) is 3.85. The number of pyridine rings is 1. The molecule has 1 aromatic heterocycles. The molecule has 1 saturated heterocycles. The number of anilines is 1. The van der Waals surface area contributed by atoms with Crippen LogP contribution in [-0.2, 0) is 0 Å². The van der Waals surface area contributed by atoms with Gasteiger partial charge in [-0.05, 0) is 48.9 Å². The van der Waals surface area contributed by atoms with Gasteiger partial charge >= 0.3 is 0 Å². The number of rotatable bonds is 3. The van der Waals surface area contributed by atoms with Crippen molar-refractivity contribution in [1.29, 1.82) is 0 Å². The van der Waals surface area contributed by atoms with Gasteiger partial charge in [-0.3, -0.25) is 9.78 Å². The predicted molar refractivity (Wildman–Crippen MR) is 108 cm³/mol. The zero-order valence-electron chi connectivity index (χ0n) is 15.3. The number of nitrogens with one attached hydrogen (secondary N) is 1. The molecule has 3 aromatic rings. The molecule has 2 fully saturated rings. The van der Waals surface area contributed by atoms with Crippen LogP contribution in [0, 0.1) is 5.41 Å². The molecular weight excluding hydrogens is 334 g/mol. The second-order valence-corrected chi connectivity index (χ2v) is 7.79. The van der Waals surface area contributed by atoms with Crippen LogP contribution in [0.2, 0.25) is 0 Å². The van der Waals surface area contributed by atoms with Crippen molar-refractivity contribution in [3.05, 3.63) is 72.4 Å². The molecule has 1 aliphatic heterocycles. The SMILES string of the molecule is O=C(NC1CC12CCN(c1ccnc3ccccc13)CC2)c1ccccc1. The quantitative estimate of drug-likeness (QED) is 0.770. The van der Waals surface area contributed by atoms with Gasteiger partial charge in [-0.2, -0.15) is 0 Å². The molecule has 27 heavy (non-hydrogen) atoms. The summed E-state index contributed by atoms with van der Waals surface area (Å²) >= 11 is 0. The van der Waals surface area contributed by atoms with E-state index in [1.54, 1.807) is 0 Å². The topological polar surface area (TPSA) is 45.2 Å². The van der Waals surface area contributed by atoms with E-state index >= 15 is 0 Å². The van der Waals surface area contributed by atoms with Crippen LogP contribution in [0.15, 0.2) is 66.9 Å². The number of amides is 1. The zero-order chi connectivity index (χ0) is 18.3. The molecule has 1 amide bonds. The van der Waals surface area contributed by atoms with Crippen LogP contribution in [0.5, 0.6) is 0 Å². The van der Waals surface area contributed by atoms with Crippen LogP contribution < -0.4 is 10.2 Å². The van der Waals surface area contributed by atoms with Gasteiger partial charge in [0, 0.05) is 42.0 Å². The number of fused-ring (bicyclic) bond motifs is 1. The molecule has 4 heteroatoms. The summed E-state index contributed by atoms with van der Waals surface area (Å²) < 4.78 is 0. The first-order valence-electron chi connectivity index (χ1n) is 9.70. The van der Waals surface area contributed by atoms with Crippen molar-refractivity contribution in [2.45, 2.75) is 25.3 Å². The van der Waals surface area contributed by atoms with Crippen LogP contribution >= 0.6 is 0 Å². The second-order valence-electron chi connectivity index (χ2n) is 7.79. The maximum atomic E-state index is 12.4. The fourth-order valence-corrected chi connectivity index (χ4v) is 4.48. The Balaban J connectivity index is 1.25. The maximum Gasteiger partial charge on any atom is 0.251 e. The Morgan fingerprint density at radius 3 is 2.56 bits per heavy atom. The molecule has 1 N–H and O–H groups in total. The molecule has 1 aliphatic carbocycles. The first-order valence-corrected chi connectivity index (χ1v) is 9.70. The summed E-state index contributed by atoms with van der Waals surface area (Å²) in [5, 5.41) is 4.47. The molecular formula is C23H23N3O. The number of carbonyl (C=O) groups is 1. The summed E-state index contributed by atoms with van der Waals surface area (Å²) in [6.07, 6.45) is 5.27. The number of carbonyl (C=O) groups excluding carboxylic acids is 1. The van der Waals surface area contributed by atoms with Crippen molar-refractivity contribution in [1.82, 2.24) is 10.3 Å². The third kappa shape index (κ3) is 2.95. The fraction of sp³-hybridized carbons (Fsp3) is 0.304. The molecule has 1 spiro atoms. The smallest absolute Gasteiger partial charge is 0.251 e. The van der Waals surface area contributed by atoms with Crippen LogP contribution in [0.3, 0.4) is 0 Å². The Hall–Kier alpha value is -2.88. The summed E-state index contributed by atoms with van der Waals surface area (Å²) in [5.74, 6) is 0.0556. The lowest BCUT2D eigenvalue weighted by Gasteiger charge is -2.35. The van der Waals surface area contributed by atoms with E-state index in [0.717, 1.165) is 43.4 Å². The molecule has 2 aromatic carbocycles. The molecule has 0 bridgehead atoms. The van der Waals surface area contributed by atoms with Gasteiger partial charge in [0.1, 0.15) is 0 Å². The summed E-state index contributed by atoms with van der Waals surface area (Å²) in [7, 11) is 0. The maximum absolute atomic E-state index is 12.4.